The van der Waals surface area contributed by atoms with E-state index in [1.165, 1.54) is 65.4 Å². The molecule has 4 aromatic rings. The maximum Gasteiger partial charge on any atom is 0.573 e. The highest BCUT2D eigenvalue weighted by atomic mass is 32.2. The quantitative estimate of drug-likeness (QED) is 0.178. The van der Waals surface area contributed by atoms with E-state index in [-0.39, 0.29) is 5.75 Å². The molecule has 1 saturated carbocycles. The number of hydrogen-bond acceptors (Lipinski definition) is 7. The molecule has 0 amide bonds. The van der Waals surface area contributed by atoms with Gasteiger partial charge in [-0.25, -0.2) is 9.67 Å². The molecule has 0 bridgehead atoms. The van der Waals surface area contributed by atoms with Crippen molar-refractivity contribution in [1.29, 1.82) is 0 Å². The zero-order chi connectivity index (χ0) is 30.0. The van der Waals surface area contributed by atoms with Gasteiger partial charge in [0.1, 0.15) is 12.1 Å². The minimum absolute atomic E-state index is 0.308. The van der Waals surface area contributed by atoms with Gasteiger partial charge >= 0.3 is 6.36 Å². The zero-order valence-corrected chi connectivity index (χ0v) is 24.1. The predicted octanol–water partition coefficient (Wildman–Crippen LogP) is 7.14. The molecule has 8 nitrogen and oxygen atoms in total. The van der Waals surface area contributed by atoms with E-state index in [0.29, 0.717) is 28.4 Å². The molecule has 2 aliphatic rings. The van der Waals surface area contributed by atoms with Crippen molar-refractivity contribution in [2.24, 2.45) is 10.2 Å². The van der Waals surface area contributed by atoms with Crippen LogP contribution in [0.15, 0.2) is 89.3 Å². The van der Waals surface area contributed by atoms with Gasteiger partial charge in [0.2, 0.25) is 0 Å². The van der Waals surface area contributed by atoms with E-state index in [1.807, 2.05) is 42.2 Å². The Balaban J connectivity index is 1.15. The van der Waals surface area contributed by atoms with E-state index in [9.17, 15) is 18.3 Å². The molecule has 1 unspecified atom stereocenters. The molecule has 12 heteroatoms. The number of rotatable bonds is 7. The van der Waals surface area contributed by atoms with Gasteiger partial charge in [-0.15, -0.1) is 23.4 Å². The Morgan fingerprint density at radius 1 is 1.02 bits per heavy atom. The van der Waals surface area contributed by atoms with Gasteiger partial charge in [0, 0.05) is 17.0 Å². The van der Waals surface area contributed by atoms with Crippen molar-refractivity contribution in [3.63, 3.8) is 0 Å². The van der Waals surface area contributed by atoms with Crippen molar-refractivity contribution < 1.29 is 23.0 Å². The molecule has 6 rings (SSSR count). The largest absolute Gasteiger partial charge is 0.573 e. The van der Waals surface area contributed by atoms with Crippen LogP contribution in [-0.4, -0.2) is 49.1 Å². The fourth-order valence-electron chi connectivity index (χ4n) is 5.43. The smallest absolute Gasteiger partial charge is 0.406 e. The molecule has 2 heterocycles. The SMILES string of the molecule is CC1(O)CSC(=NN=Cc2ccc(-c3ncn(-c4ccc(OC(F)(F)F)cc4)n3)cc2)N1c1ccccc1C1CCCC1. The monoisotopic (exact) mass is 606 g/mol. The molecule has 1 N–H and O–H groups in total. The van der Waals surface area contributed by atoms with Crippen molar-refractivity contribution in [1.82, 2.24) is 14.8 Å². The first kappa shape index (κ1) is 28.9. The first-order chi connectivity index (χ1) is 20.7. The number of thioether (sulfide) groups is 1. The van der Waals surface area contributed by atoms with Crippen LogP contribution in [0.25, 0.3) is 17.1 Å². The highest BCUT2D eigenvalue weighted by molar-refractivity contribution is 8.14. The van der Waals surface area contributed by atoms with Crippen LogP contribution < -0.4 is 9.64 Å². The topological polar surface area (TPSA) is 88.1 Å². The number of hydrogen-bond donors (Lipinski definition) is 1. The number of aromatic nitrogens is 3. The molecule has 1 aliphatic heterocycles. The maximum absolute atomic E-state index is 12.4. The van der Waals surface area contributed by atoms with Gasteiger partial charge in [0.05, 0.1) is 11.9 Å². The number of nitrogens with zero attached hydrogens (tertiary/aromatic N) is 6. The van der Waals surface area contributed by atoms with E-state index in [2.05, 4.69) is 43.2 Å². The van der Waals surface area contributed by atoms with E-state index in [0.717, 1.165) is 29.7 Å². The lowest BCUT2D eigenvalue weighted by Crippen LogP contribution is -2.45. The second-order valence-electron chi connectivity index (χ2n) is 10.7. The minimum atomic E-state index is -4.75. The summed E-state index contributed by atoms with van der Waals surface area (Å²) in [5.41, 5.74) is 3.28. The molecule has 2 fully saturated rings. The second kappa shape index (κ2) is 11.8. The molecule has 1 aromatic heterocycles. The third-order valence-corrected chi connectivity index (χ3v) is 8.68. The second-order valence-corrected chi connectivity index (χ2v) is 11.6. The average Bonchev–Trinajstić information content (AvgIpc) is 3.74. The van der Waals surface area contributed by atoms with Gasteiger partial charge in [0.15, 0.2) is 16.7 Å². The summed E-state index contributed by atoms with van der Waals surface area (Å²) >= 11 is 1.48. The van der Waals surface area contributed by atoms with E-state index in [4.69, 9.17) is 0 Å². The molecular formula is C31H29F3N6O2S. The van der Waals surface area contributed by atoms with E-state index < -0.39 is 12.1 Å². The van der Waals surface area contributed by atoms with Gasteiger partial charge in [-0.3, -0.25) is 4.90 Å². The van der Waals surface area contributed by atoms with Crippen molar-refractivity contribution in [2.45, 2.75) is 50.6 Å². The third-order valence-electron chi connectivity index (χ3n) is 7.47. The van der Waals surface area contributed by atoms with Gasteiger partial charge < -0.3 is 9.84 Å². The van der Waals surface area contributed by atoms with Crippen LogP contribution in [0, 0.1) is 0 Å². The normalized spacial score (nSPS) is 20.5. The summed E-state index contributed by atoms with van der Waals surface area (Å²) in [4.78, 5) is 6.24. The lowest BCUT2D eigenvalue weighted by atomic mass is 9.95. The van der Waals surface area contributed by atoms with Crippen molar-refractivity contribution in [3.05, 3.63) is 90.3 Å². The summed E-state index contributed by atoms with van der Waals surface area (Å²) < 4.78 is 42.6. The molecule has 1 saturated heterocycles. The summed E-state index contributed by atoms with van der Waals surface area (Å²) in [6.45, 7) is 1.81. The minimum Gasteiger partial charge on any atom is -0.406 e. The van der Waals surface area contributed by atoms with Crippen LogP contribution in [0.5, 0.6) is 5.75 Å². The number of para-hydroxylation sites is 1. The fraction of sp³-hybridized carbons (Fsp3) is 0.290. The molecule has 43 heavy (non-hydrogen) atoms. The van der Waals surface area contributed by atoms with Crippen LogP contribution in [0.1, 0.15) is 49.7 Å². The molecule has 0 spiro atoms. The Morgan fingerprint density at radius 2 is 1.74 bits per heavy atom. The van der Waals surface area contributed by atoms with Gasteiger partial charge in [0.25, 0.3) is 0 Å². The first-order valence-corrected chi connectivity index (χ1v) is 14.9. The predicted molar refractivity (Wildman–Crippen MR) is 162 cm³/mol. The van der Waals surface area contributed by atoms with Crippen LogP contribution in [-0.2, 0) is 0 Å². The van der Waals surface area contributed by atoms with Gasteiger partial charge in [-0.05, 0) is 67.1 Å². The Bertz CT molecular complexity index is 1630. The highest BCUT2D eigenvalue weighted by Gasteiger charge is 2.42. The standard InChI is InChI=1S/C31H29F3N6O2S/c1-30(41)19-43-29(40(30)27-9-5-4-8-26(27)22-6-2-3-7-22)37-36-18-21-10-12-23(13-11-21)28-35-20-39(38-28)24-14-16-25(17-15-24)42-31(32,33)34/h4-5,8-18,20,22,41H,2-3,6-7,19H2,1H3. The molecule has 222 valence electrons. The number of anilines is 1. The molecule has 0 radical (unpaired) electrons. The van der Waals surface area contributed by atoms with Crippen LogP contribution in [0.2, 0.25) is 0 Å². The fourth-order valence-corrected chi connectivity index (χ4v) is 6.49. The van der Waals surface area contributed by atoms with Crippen molar-refractivity contribution >= 4 is 28.8 Å². The first-order valence-electron chi connectivity index (χ1n) is 13.9. The summed E-state index contributed by atoms with van der Waals surface area (Å²) in [5, 5.41) is 25.2. The summed E-state index contributed by atoms with van der Waals surface area (Å²) in [6.07, 6.45) is 3.17. The summed E-state index contributed by atoms with van der Waals surface area (Å²) in [6, 6.07) is 21.1. The van der Waals surface area contributed by atoms with Crippen molar-refractivity contribution in [3.8, 4) is 22.8 Å². The van der Waals surface area contributed by atoms with E-state index in [1.54, 1.807) is 6.21 Å². The Labute approximate surface area is 250 Å². The molecule has 1 aliphatic carbocycles. The van der Waals surface area contributed by atoms with Crippen LogP contribution in [0.3, 0.4) is 0 Å². The van der Waals surface area contributed by atoms with Gasteiger partial charge in [-0.2, -0.15) is 5.10 Å². The lowest BCUT2D eigenvalue weighted by Gasteiger charge is -2.33. The summed E-state index contributed by atoms with van der Waals surface area (Å²) in [7, 11) is 0. The number of ether oxygens (including phenoxy) is 1. The average molecular weight is 607 g/mol. The summed E-state index contributed by atoms with van der Waals surface area (Å²) in [5.74, 6) is 1.12. The van der Waals surface area contributed by atoms with Crippen LogP contribution >= 0.6 is 11.8 Å². The Morgan fingerprint density at radius 3 is 2.47 bits per heavy atom. The van der Waals surface area contributed by atoms with Gasteiger partial charge in [-0.1, -0.05) is 67.1 Å². The molecule has 1 atom stereocenters. The number of halogens is 3. The number of benzene rings is 3. The van der Waals surface area contributed by atoms with Crippen molar-refractivity contribution in [2.75, 3.05) is 10.7 Å². The number of alkyl halides is 3. The molecular weight excluding hydrogens is 577 g/mol. The Hall–Kier alpha value is -4.16. The molecule has 3 aromatic carbocycles. The number of amidine groups is 1. The third kappa shape index (κ3) is 6.60. The Kier molecular flexibility index (Phi) is 7.97. The maximum atomic E-state index is 12.4. The van der Waals surface area contributed by atoms with Crippen LogP contribution in [0.4, 0.5) is 18.9 Å². The lowest BCUT2D eigenvalue weighted by molar-refractivity contribution is -0.274. The van der Waals surface area contributed by atoms with E-state index >= 15 is 0 Å². The highest BCUT2D eigenvalue weighted by Crippen LogP contribution is 2.43. The number of aliphatic hydroxyl groups is 1. The zero-order valence-electron chi connectivity index (χ0n) is 23.3.